The topological polar surface area (TPSA) is 86.3 Å². The number of aromatic nitrogens is 3. The van der Waals surface area contributed by atoms with Crippen molar-refractivity contribution in [2.75, 3.05) is 38.5 Å². The molecule has 0 atom stereocenters. The number of carbonyl (C=O) groups excluding carboxylic acids is 1. The third-order valence-corrected chi connectivity index (χ3v) is 6.16. The Bertz CT molecular complexity index is 1290. The van der Waals surface area contributed by atoms with Gasteiger partial charge in [0.05, 0.1) is 5.69 Å². The van der Waals surface area contributed by atoms with E-state index in [4.69, 9.17) is 0 Å². The lowest BCUT2D eigenvalue weighted by Gasteiger charge is -2.32. The van der Waals surface area contributed by atoms with Crippen LogP contribution in [0.2, 0.25) is 0 Å². The highest BCUT2D eigenvalue weighted by Gasteiger charge is 2.14. The number of pyridine rings is 1. The van der Waals surface area contributed by atoms with E-state index in [9.17, 15) is 4.79 Å². The van der Waals surface area contributed by atoms with Crippen LogP contribution in [0.15, 0.2) is 96.8 Å². The number of hydrogen-bond donors (Lipinski definition) is 2. The predicted molar refractivity (Wildman–Crippen MR) is 152 cm³/mol. The minimum Gasteiger partial charge on any atom is -0.331 e. The first-order chi connectivity index (χ1) is 18.5. The van der Waals surface area contributed by atoms with E-state index in [0.717, 1.165) is 49.6 Å². The highest BCUT2D eigenvalue weighted by Crippen LogP contribution is 2.16. The predicted octanol–water partition coefficient (Wildman–Crippen LogP) is 4.49. The maximum Gasteiger partial charge on any atom is 0.255 e. The SMILES string of the molecule is CC(C)=C/C=C(\C=C\Nc1nccc(-c2cccnc2)n1)NC(=O)c1ccc(CN2CCN(C)CC2)cc1. The summed E-state index contributed by atoms with van der Waals surface area (Å²) in [4.78, 5) is 30.8. The molecule has 1 amide bonds. The molecule has 2 N–H and O–H groups in total. The number of hydrogen-bond acceptors (Lipinski definition) is 7. The van der Waals surface area contributed by atoms with Crippen LogP contribution in [-0.4, -0.2) is 63.9 Å². The molecule has 0 unspecified atom stereocenters. The summed E-state index contributed by atoms with van der Waals surface area (Å²) in [6.07, 6.45) is 12.5. The van der Waals surface area contributed by atoms with Crippen molar-refractivity contribution in [2.24, 2.45) is 0 Å². The lowest BCUT2D eigenvalue weighted by atomic mass is 10.1. The molecule has 1 aliphatic heterocycles. The second-order valence-electron chi connectivity index (χ2n) is 9.58. The van der Waals surface area contributed by atoms with Gasteiger partial charge in [-0.15, -0.1) is 0 Å². The first kappa shape index (κ1) is 26.9. The van der Waals surface area contributed by atoms with Crippen LogP contribution in [0.1, 0.15) is 29.8 Å². The van der Waals surface area contributed by atoms with Crippen molar-refractivity contribution in [1.82, 2.24) is 30.1 Å². The van der Waals surface area contributed by atoms with E-state index >= 15 is 0 Å². The quantitative estimate of drug-likeness (QED) is 0.411. The Morgan fingerprint density at radius 3 is 2.50 bits per heavy atom. The van der Waals surface area contributed by atoms with E-state index in [-0.39, 0.29) is 5.91 Å². The van der Waals surface area contributed by atoms with Crippen molar-refractivity contribution in [1.29, 1.82) is 0 Å². The standard InChI is InChI=1S/C30H35N7O/c1-23(2)6-11-27(12-15-32-30-33-16-13-28(35-30)26-5-4-14-31-21-26)34-29(38)25-9-7-24(8-10-25)22-37-19-17-36(3)18-20-37/h4-16,21H,17-20,22H2,1-3H3,(H,34,38)(H,32,33,35)/b15-12+,27-11+. The van der Waals surface area contributed by atoms with Gasteiger partial charge in [-0.25, -0.2) is 9.97 Å². The van der Waals surface area contributed by atoms with E-state index in [1.807, 2.05) is 68.5 Å². The molecule has 0 bridgehead atoms. The van der Waals surface area contributed by atoms with E-state index in [1.165, 1.54) is 5.56 Å². The van der Waals surface area contributed by atoms with E-state index < -0.39 is 0 Å². The van der Waals surface area contributed by atoms with Crippen LogP contribution in [-0.2, 0) is 6.54 Å². The first-order valence-electron chi connectivity index (χ1n) is 12.8. The molecular weight excluding hydrogens is 474 g/mol. The van der Waals surface area contributed by atoms with E-state index in [0.29, 0.717) is 17.2 Å². The van der Waals surface area contributed by atoms with Crippen LogP contribution in [0.5, 0.6) is 0 Å². The summed E-state index contributed by atoms with van der Waals surface area (Å²) in [5.74, 6) is 0.287. The number of nitrogens with zero attached hydrogens (tertiary/aromatic N) is 5. The van der Waals surface area contributed by atoms with Crippen LogP contribution in [0.25, 0.3) is 11.3 Å². The molecule has 4 rings (SSSR count). The molecule has 3 heterocycles. The summed E-state index contributed by atoms with van der Waals surface area (Å²) < 4.78 is 0. The maximum atomic E-state index is 13.0. The highest BCUT2D eigenvalue weighted by atomic mass is 16.1. The fourth-order valence-electron chi connectivity index (χ4n) is 3.93. The van der Waals surface area contributed by atoms with E-state index in [1.54, 1.807) is 30.9 Å². The van der Waals surface area contributed by atoms with Crippen LogP contribution in [0, 0.1) is 0 Å². The minimum absolute atomic E-state index is 0.163. The van der Waals surface area contributed by atoms with Crippen molar-refractivity contribution < 1.29 is 4.79 Å². The largest absolute Gasteiger partial charge is 0.331 e. The fraction of sp³-hybridized carbons (Fsp3) is 0.267. The van der Waals surface area contributed by atoms with Gasteiger partial charge in [0.2, 0.25) is 5.95 Å². The number of amides is 1. The summed E-state index contributed by atoms with van der Waals surface area (Å²) in [5, 5.41) is 6.09. The zero-order valence-corrected chi connectivity index (χ0v) is 22.3. The first-order valence-corrected chi connectivity index (χ1v) is 12.8. The molecule has 8 nitrogen and oxygen atoms in total. The monoisotopic (exact) mass is 509 g/mol. The van der Waals surface area contributed by atoms with Gasteiger partial charge in [0.25, 0.3) is 5.91 Å². The van der Waals surface area contributed by atoms with Gasteiger partial charge in [-0.2, -0.15) is 0 Å². The lowest BCUT2D eigenvalue weighted by molar-refractivity contribution is 0.0967. The smallest absolute Gasteiger partial charge is 0.255 e. The number of benzene rings is 1. The summed E-state index contributed by atoms with van der Waals surface area (Å²) in [7, 11) is 2.16. The molecule has 0 spiro atoms. The number of rotatable bonds is 9. The minimum atomic E-state index is -0.163. The Morgan fingerprint density at radius 1 is 1.00 bits per heavy atom. The summed E-state index contributed by atoms with van der Waals surface area (Å²) in [6.45, 7) is 9.23. The normalized spacial score (nSPS) is 14.9. The van der Waals surface area contributed by atoms with Gasteiger partial charge in [0.15, 0.2) is 0 Å². The number of carbonyl (C=O) groups is 1. The number of allylic oxidation sites excluding steroid dienone is 4. The summed E-state index contributed by atoms with van der Waals surface area (Å²) >= 11 is 0. The average Bonchev–Trinajstić information content (AvgIpc) is 2.94. The van der Waals surface area contributed by atoms with Gasteiger partial charge in [0.1, 0.15) is 0 Å². The molecule has 1 aliphatic rings. The van der Waals surface area contributed by atoms with Crippen molar-refractivity contribution in [3.05, 3.63) is 108 Å². The van der Waals surface area contributed by atoms with Gasteiger partial charge < -0.3 is 15.5 Å². The van der Waals surface area contributed by atoms with Gasteiger partial charge in [-0.1, -0.05) is 23.8 Å². The number of likely N-dealkylation sites (N-methyl/N-ethyl adjacent to an activating group) is 1. The number of piperazine rings is 1. The Morgan fingerprint density at radius 2 is 1.79 bits per heavy atom. The molecule has 0 saturated carbocycles. The van der Waals surface area contributed by atoms with Gasteiger partial charge in [-0.05, 0) is 68.9 Å². The molecule has 1 saturated heterocycles. The molecule has 1 fully saturated rings. The van der Waals surface area contributed by atoms with Crippen molar-refractivity contribution >= 4 is 11.9 Å². The maximum absolute atomic E-state index is 13.0. The molecule has 0 aliphatic carbocycles. The molecule has 1 aromatic carbocycles. The van der Waals surface area contributed by atoms with Crippen LogP contribution in [0.4, 0.5) is 5.95 Å². The second-order valence-corrected chi connectivity index (χ2v) is 9.58. The molecule has 0 radical (unpaired) electrons. The Labute approximate surface area is 224 Å². The summed E-state index contributed by atoms with van der Waals surface area (Å²) in [5.41, 5.74) is 5.28. The Balaban J connectivity index is 1.38. The van der Waals surface area contributed by atoms with Crippen LogP contribution < -0.4 is 10.6 Å². The zero-order valence-electron chi connectivity index (χ0n) is 22.3. The fourth-order valence-corrected chi connectivity index (χ4v) is 3.93. The molecule has 2 aromatic heterocycles. The van der Waals surface area contributed by atoms with Gasteiger partial charge in [0, 0.05) is 74.3 Å². The second kappa shape index (κ2) is 13.4. The third kappa shape index (κ3) is 8.19. The highest BCUT2D eigenvalue weighted by molar-refractivity contribution is 5.95. The zero-order chi connectivity index (χ0) is 26.7. The third-order valence-electron chi connectivity index (χ3n) is 6.16. The van der Waals surface area contributed by atoms with E-state index in [2.05, 4.69) is 42.4 Å². The molecule has 38 heavy (non-hydrogen) atoms. The molecule has 196 valence electrons. The van der Waals surface area contributed by atoms with Gasteiger partial charge in [-0.3, -0.25) is 14.7 Å². The van der Waals surface area contributed by atoms with Crippen LogP contribution in [0.3, 0.4) is 0 Å². The van der Waals surface area contributed by atoms with Crippen LogP contribution >= 0.6 is 0 Å². The molecule has 3 aromatic rings. The van der Waals surface area contributed by atoms with Crippen molar-refractivity contribution in [3.63, 3.8) is 0 Å². The van der Waals surface area contributed by atoms with Gasteiger partial charge >= 0.3 is 0 Å². The average molecular weight is 510 g/mol. The molecular formula is C30H35N7O. The lowest BCUT2D eigenvalue weighted by Crippen LogP contribution is -2.43. The van der Waals surface area contributed by atoms with Crippen molar-refractivity contribution in [3.8, 4) is 11.3 Å². The number of nitrogens with one attached hydrogen (secondary N) is 2. The summed E-state index contributed by atoms with van der Waals surface area (Å²) in [6, 6.07) is 13.5. The Kier molecular flexibility index (Phi) is 9.50. The molecule has 8 heteroatoms. The number of anilines is 1. The Hall–Kier alpha value is -4.14. The van der Waals surface area contributed by atoms with Crippen molar-refractivity contribution in [2.45, 2.75) is 20.4 Å².